The predicted octanol–water partition coefficient (Wildman–Crippen LogP) is 7.66. The van der Waals surface area contributed by atoms with Crippen LogP contribution in [-0.4, -0.2) is 12.3 Å². The number of benzene rings is 4. The molecule has 0 aliphatic rings. The molecular formula is C30H31NO3. The van der Waals surface area contributed by atoms with E-state index in [4.69, 9.17) is 9.47 Å². The smallest absolute Gasteiger partial charge is 0.150 e. The largest absolute Gasteiger partial charge is 0.457 e. The van der Waals surface area contributed by atoms with Crippen LogP contribution in [-0.2, 0) is 6.54 Å². The van der Waals surface area contributed by atoms with Crippen molar-refractivity contribution in [2.75, 3.05) is 0 Å². The summed E-state index contributed by atoms with van der Waals surface area (Å²) in [6.07, 6.45) is 1.96. The Labute approximate surface area is 202 Å². The number of nitrogens with one attached hydrogen (secondary N) is 1. The van der Waals surface area contributed by atoms with Gasteiger partial charge in [-0.15, -0.1) is 0 Å². The Morgan fingerprint density at radius 3 is 1.56 bits per heavy atom. The second kappa shape index (κ2) is 13.6. The Morgan fingerprint density at radius 2 is 1.12 bits per heavy atom. The molecule has 0 radical (unpaired) electrons. The summed E-state index contributed by atoms with van der Waals surface area (Å²) in [6, 6.07) is 35.2. The van der Waals surface area contributed by atoms with Crippen molar-refractivity contribution in [3.05, 3.63) is 120 Å². The Morgan fingerprint density at radius 1 is 0.676 bits per heavy atom. The first-order chi connectivity index (χ1) is 16.7. The summed E-state index contributed by atoms with van der Waals surface area (Å²) >= 11 is 0. The van der Waals surface area contributed by atoms with Crippen LogP contribution >= 0.6 is 0 Å². The van der Waals surface area contributed by atoms with Crippen molar-refractivity contribution in [1.29, 1.82) is 0 Å². The molecule has 1 N–H and O–H groups in total. The van der Waals surface area contributed by atoms with Crippen molar-refractivity contribution in [2.45, 2.75) is 32.9 Å². The number of hydrogen-bond donors (Lipinski definition) is 1. The minimum Gasteiger partial charge on any atom is -0.457 e. The summed E-state index contributed by atoms with van der Waals surface area (Å²) in [7, 11) is 0. The summed E-state index contributed by atoms with van der Waals surface area (Å²) in [6.45, 7) is 5.29. The van der Waals surface area contributed by atoms with Gasteiger partial charge >= 0.3 is 0 Å². The zero-order chi connectivity index (χ0) is 24.0. The number of carbonyl (C=O) groups excluding carboxylic acids is 1. The second-order valence-electron chi connectivity index (χ2n) is 7.85. The first kappa shape index (κ1) is 24.7. The monoisotopic (exact) mass is 453 g/mol. The number of para-hydroxylation sites is 2. The first-order valence-corrected chi connectivity index (χ1v) is 11.5. The maximum atomic E-state index is 10.4. The highest BCUT2D eigenvalue weighted by molar-refractivity contribution is 5.74. The van der Waals surface area contributed by atoms with Gasteiger partial charge in [0.15, 0.2) is 0 Å². The maximum absolute atomic E-state index is 10.4. The van der Waals surface area contributed by atoms with E-state index >= 15 is 0 Å². The van der Waals surface area contributed by atoms with Crippen LogP contribution in [0.3, 0.4) is 0 Å². The fraction of sp³-hybridized carbons (Fsp3) is 0.167. The molecule has 0 fully saturated rings. The summed E-state index contributed by atoms with van der Waals surface area (Å²) in [5.74, 6) is 3.26. The van der Waals surface area contributed by atoms with Gasteiger partial charge in [0.25, 0.3) is 0 Å². The minimum absolute atomic E-state index is 0.556. The molecule has 4 aromatic rings. The lowest BCUT2D eigenvalue weighted by Crippen LogP contribution is -2.24. The fourth-order valence-corrected chi connectivity index (χ4v) is 2.98. The van der Waals surface area contributed by atoms with Gasteiger partial charge < -0.3 is 14.8 Å². The number of rotatable bonds is 9. The van der Waals surface area contributed by atoms with Gasteiger partial charge in [0.1, 0.15) is 29.3 Å². The lowest BCUT2D eigenvalue weighted by Gasteiger charge is -2.11. The molecule has 0 unspecified atom stereocenters. The molecule has 174 valence electrons. The molecule has 0 spiro atoms. The van der Waals surface area contributed by atoms with Crippen LogP contribution < -0.4 is 14.8 Å². The third-order valence-corrected chi connectivity index (χ3v) is 5.16. The minimum atomic E-state index is 0.556. The van der Waals surface area contributed by atoms with Crippen molar-refractivity contribution in [2.24, 2.45) is 0 Å². The van der Waals surface area contributed by atoms with Crippen LogP contribution in [0.4, 0.5) is 0 Å². The van der Waals surface area contributed by atoms with Crippen molar-refractivity contribution >= 4 is 6.29 Å². The van der Waals surface area contributed by atoms with Gasteiger partial charge in [-0.3, -0.25) is 4.79 Å². The molecule has 0 aliphatic carbocycles. The zero-order valence-electron chi connectivity index (χ0n) is 19.7. The predicted molar refractivity (Wildman–Crippen MR) is 138 cm³/mol. The summed E-state index contributed by atoms with van der Waals surface area (Å²) in [4.78, 5) is 10.4. The van der Waals surface area contributed by atoms with E-state index in [0.717, 1.165) is 42.2 Å². The standard InChI is InChI=1S/C17H21NO.C13H10O2/c1-3-14(2)18-13-15-9-11-17(12-10-15)19-16-7-5-4-6-8-16;14-10-11-6-8-13(9-7-11)15-12-4-2-1-3-5-12/h4-12,14,18H,3,13H2,1-2H3;1-10H/t14-;/m1./s1. The fourth-order valence-electron chi connectivity index (χ4n) is 2.98. The molecule has 0 aliphatic heterocycles. The Kier molecular flexibility index (Phi) is 9.91. The van der Waals surface area contributed by atoms with Crippen molar-refractivity contribution in [3.63, 3.8) is 0 Å². The average molecular weight is 454 g/mol. The van der Waals surface area contributed by atoms with E-state index in [2.05, 4.69) is 31.3 Å². The van der Waals surface area contributed by atoms with Crippen LogP contribution in [0.15, 0.2) is 109 Å². The van der Waals surface area contributed by atoms with Gasteiger partial charge in [0.2, 0.25) is 0 Å². The van der Waals surface area contributed by atoms with Gasteiger partial charge in [-0.2, -0.15) is 0 Å². The van der Waals surface area contributed by atoms with E-state index in [-0.39, 0.29) is 0 Å². The van der Waals surface area contributed by atoms with E-state index in [9.17, 15) is 4.79 Å². The van der Waals surface area contributed by atoms with Crippen LogP contribution in [0, 0.1) is 0 Å². The molecule has 0 saturated carbocycles. The van der Waals surface area contributed by atoms with Crippen molar-refractivity contribution in [1.82, 2.24) is 5.32 Å². The quantitative estimate of drug-likeness (QED) is 0.264. The molecule has 1 atom stereocenters. The zero-order valence-corrected chi connectivity index (χ0v) is 19.7. The van der Waals surface area contributed by atoms with Gasteiger partial charge in [-0.25, -0.2) is 0 Å². The molecule has 4 rings (SSSR count). The molecule has 0 bridgehead atoms. The molecule has 0 saturated heterocycles. The van der Waals surface area contributed by atoms with Crippen LogP contribution in [0.5, 0.6) is 23.0 Å². The molecule has 0 amide bonds. The number of aldehydes is 1. The highest BCUT2D eigenvalue weighted by Crippen LogP contribution is 2.22. The second-order valence-corrected chi connectivity index (χ2v) is 7.85. The molecule has 4 nitrogen and oxygen atoms in total. The summed E-state index contributed by atoms with van der Waals surface area (Å²) < 4.78 is 11.3. The summed E-state index contributed by atoms with van der Waals surface area (Å²) in [5, 5.41) is 3.48. The van der Waals surface area contributed by atoms with Crippen LogP contribution in [0.25, 0.3) is 0 Å². The molecule has 4 heteroatoms. The number of carbonyl (C=O) groups is 1. The van der Waals surface area contributed by atoms with Gasteiger partial charge in [0, 0.05) is 18.2 Å². The molecular weight excluding hydrogens is 422 g/mol. The Bertz CT molecular complexity index is 1100. The third kappa shape index (κ3) is 8.57. The third-order valence-electron chi connectivity index (χ3n) is 5.16. The number of ether oxygens (including phenoxy) is 2. The number of hydrogen-bond acceptors (Lipinski definition) is 4. The highest BCUT2D eigenvalue weighted by atomic mass is 16.5. The average Bonchev–Trinajstić information content (AvgIpc) is 2.90. The van der Waals surface area contributed by atoms with E-state index in [1.54, 1.807) is 24.3 Å². The SMILES string of the molecule is CC[C@@H](C)NCc1ccc(Oc2ccccc2)cc1.O=Cc1ccc(Oc2ccccc2)cc1. The van der Waals surface area contributed by atoms with E-state index in [1.807, 2.05) is 72.8 Å². The lowest BCUT2D eigenvalue weighted by atomic mass is 10.2. The normalized spacial score (nSPS) is 11.0. The van der Waals surface area contributed by atoms with Gasteiger partial charge in [0.05, 0.1) is 0 Å². The van der Waals surface area contributed by atoms with Gasteiger partial charge in [-0.1, -0.05) is 55.5 Å². The van der Waals surface area contributed by atoms with Crippen LogP contribution in [0.2, 0.25) is 0 Å². The van der Waals surface area contributed by atoms with E-state index in [1.165, 1.54) is 5.56 Å². The highest BCUT2D eigenvalue weighted by Gasteiger charge is 2.00. The van der Waals surface area contributed by atoms with Crippen molar-refractivity contribution in [3.8, 4) is 23.0 Å². The van der Waals surface area contributed by atoms with Crippen molar-refractivity contribution < 1.29 is 14.3 Å². The Balaban J connectivity index is 0.000000196. The molecule has 0 aromatic heterocycles. The lowest BCUT2D eigenvalue weighted by molar-refractivity contribution is 0.112. The Hall–Kier alpha value is -3.89. The maximum Gasteiger partial charge on any atom is 0.150 e. The molecule has 0 heterocycles. The topological polar surface area (TPSA) is 47.6 Å². The molecule has 34 heavy (non-hydrogen) atoms. The first-order valence-electron chi connectivity index (χ1n) is 11.5. The van der Waals surface area contributed by atoms with E-state index in [0.29, 0.717) is 11.6 Å². The van der Waals surface area contributed by atoms with E-state index < -0.39 is 0 Å². The van der Waals surface area contributed by atoms with Crippen LogP contribution in [0.1, 0.15) is 36.2 Å². The molecule has 4 aromatic carbocycles. The summed E-state index contributed by atoms with van der Waals surface area (Å²) in [5.41, 5.74) is 1.93. The van der Waals surface area contributed by atoms with Gasteiger partial charge in [-0.05, 0) is 79.6 Å².